The van der Waals surface area contributed by atoms with Gasteiger partial charge in [0.15, 0.2) is 5.78 Å². The molecule has 146 valence electrons. The number of carbonyl (C=O) groups is 3. The van der Waals surface area contributed by atoms with Crippen LogP contribution in [0, 0.1) is 34.5 Å². The summed E-state index contributed by atoms with van der Waals surface area (Å²) in [5.74, 6) is 1.61. The van der Waals surface area contributed by atoms with Gasteiger partial charge in [0.2, 0.25) is 0 Å². The summed E-state index contributed by atoms with van der Waals surface area (Å²) in [6, 6.07) is 0. The zero-order chi connectivity index (χ0) is 20.0. The molecule has 0 aromatic carbocycles. The molecule has 0 aromatic rings. The molecule has 4 rings (SSSR count). The lowest BCUT2D eigenvalue weighted by atomic mass is 9.49. The van der Waals surface area contributed by atoms with E-state index in [0.717, 1.165) is 26.2 Å². The average Bonchev–Trinajstić information content (AvgIpc) is 2.92. The van der Waals surface area contributed by atoms with Crippen LogP contribution in [-0.2, 0) is 14.4 Å². The monoisotopic (exact) mass is 370 g/mol. The first-order chi connectivity index (χ1) is 12.6. The number of hydrogen-bond acceptors (Lipinski definition) is 3. The van der Waals surface area contributed by atoms with E-state index >= 15 is 0 Å². The smallest absolute Gasteiger partial charge is 0.300 e. The van der Waals surface area contributed by atoms with Crippen LogP contribution in [0.5, 0.6) is 0 Å². The molecule has 4 aliphatic rings. The summed E-state index contributed by atoms with van der Waals surface area (Å²) in [6.45, 7) is 7.51. The minimum Gasteiger partial charge on any atom is -0.481 e. The van der Waals surface area contributed by atoms with Gasteiger partial charge in [-0.25, -0.2) is 0 Å². The summed E-state index contributed by atoms with van der Waals surface area (Å²) in [5.41, 5.74) is 1.34. The van der Waals surface area contributed by atoms with Crippen LogP contribution in [0.25, 0.3) is 0 Å². The summed E-state index contributed by atoms with van der Waals surface area (Å²) in [4.78, 5) is 32.9. The number of Topliss-reactive ketones (excluding diaryl/α,β-unsaturated/α-hetero) is 1. The Balaban J connectivity index is 0.000000481. The van der Waals surface area contributed by atoms with Crippen LogP contribution in [0.15, 0.2) is 36.0 Å². The molecule has 27 heavy (non-hydrogen) atoms. The minimum absolute atomic E-state index is 0.0109. The van der Waals surface area contributed by atoms with Gasteiger partial charge in [-0.2, -0.15) is 0 Å². The zero-order valence-corrected chi connectivity index (χ0v) is 16.7. The van der Waals surface area contributed by atoms with Gasteiger partial charge in [0.05, 0.1) is 0 Å². The van der Waals surface area contributed by atoms with Crippen LogP contribution < -0.4 is 0 Å². The van der Waals surface area contributed by atoms with Gasteiger partial charge in [-0.3, -0.25) is 14.4 Å². The van der Waals surface area contributed by atoms with E-state index in [4.69, 9.17) is 9.90 Å². The third-order valence-electron chi connectivity index (χ3n) is 7.61. The van der Waals surface area contributed by atoms with E-state index in [-0.39, 0.29) is 22.5 Å². The van der Waals surface area contributed by atoms with Gasteiger partial charge in [0, 0.05) is 18.3 Å². The molecule has 0 aliphatic heterocycles. The second-order valence-electron chi connectivity index (χ2n) is 9.07. The number of carboxylic acids is 1. The predicted octanol–water partition coefficient (Wildman–Crippen LogP) is 4.37. The van der Waals surface area contributed by atoms with E-state index in [2.05, 4.69) is 32.1 Å². The number of allylic oxidation sites excluding steroid dienone is 6. The molecular formula is C23H30O4. The Kier molecular flexibility index (Phi) is 5.04. The van der Waals surface area contributed by atoms with Crippen LogP contribution in [0.3, 0.4) is 0 Å². The van der Waals surface area contributed by atoms with E-state index in [1.165, 1.54) is 12.0 Å². The third kappa shape index (κ3) is 3.24. The SMILES string of the molecule is CC(=O)O.CC(=O)[C@H]1CC[C@H]2[C@@H]3C=CC4=CC(=O)C=C[C@]4(C)[C@H]3CC[C@]12C. The van der Waals surface area contributed by atoms with E-state index in [0.29, 0.717) is 23.5 Å². The lowest BCUT2D eigenvalue weighted by molar-refractivity contribution is -0.134. The number of fused-ring (bicyclic) bond motifs is 5. The van der Waals surface area contributed by atoms with Crippen molar-refractivity contribution in [2.45, 2.75) is 53.4 Å². The Morgan fingerprint density at radius 1 is 1.07 bits per heavy atom. The molecule has 0 unspecified atom stereocenters. The number of ketones is 2. The van der Waals surface area contributed by atoms with Crippen LogP contribution in [0.1, 0.15) is 53.4 Å². The molecule has 0 bridgehead atoms. The fourth-order valence-corrected chi connectivity index (χ4v) is 6.32. The van der Waals surface area contributed by atoms with E-state index in [9.17, 15) is 9.59 Å². The van der Waals surface area contributed by atoms with Crippen LogP contribution in [0.2, 0.25) is 0 Å². The predicted molar refractivity (Wildman–Crippen MR) is 104 cm³/mol. The molecule has 6 atom stereocenters. The summed E-state index contributed by atoms with van der Waals surface area (Å²) >= 11 is 0. The topological polar surface area (TPSA) is 71.4 Å². The first-order valence-corrected chi connectivity index (χ1v) is 9.93. The highest BCUT2D eigenvalue weighted by Gasteiger charge is 2.58. The van der Waals surface area contributed by atoms with E-state index < -0.39 is 5.97 Å². The van der Waals surface area contributed by atoms with E-state index in [1.54, 1.807) is 13.0 Å². The lowest BCUT2D eigenvalue weighted by Gasteiger charge is -2.54. The van der Waals surface area contributed by atoms with Crippen molar-refractivity contribution >= 4 is 17.5 Å². The van der Waals surface area contributed by atoms with Crippen molar-refractivity contribution in [2.24, 2.45) is 34.5 Å². The number of aliphatic carboxylic acids is 1. The first kappa shape index (κ1) is 19.8. The number of carboxylic acid groups (broad SMARTS) is 1. The molecule has 2 saturated carbocycles. The van der Waals surface area contributed by atoms with Crippen molar-refractivity contribution in [1.29, 1.82) is 0 Å². The Morgan fingerprint density at radius 2 is 1.74 bits per heavy atom. The Labute approximate surface area is 161 Å². The molecule has 0 aromatic heterocycles. The zero-order valence-electron chi connectivity index (χ0n) is 16.7. The van der Waals surface area contributed by atoms with Crippen LogP contribution in [0.4, 0.5) is 0 Å². The second kappa shape index (κ2) is 6.88. The molecule has 0 saturated heterocycles. The van der Waals surface area contributed by atoms with Gasteiger partial charge in [0.1, 0.15) is 5.78 Å². The maximum Gasteiger partial charge on any atom is 0.300 e. The summed E-state index contributed by atoms with van der Waals surface area (Å²) in [7, 11) is 0. The largest absolute Gasteiger partial charge is 0.481 e. The van der Waals surface area contributed by atoms with Gasteiger partial charge < -0.3 is 5.11 Å². The van der Waals surface area contributed by atoms with Crippen molar-refractivity contribution in [3.8, 4) is 0 Å². The highest BCUT2D eigenvalue weighted by molar-refractivity contribution is 6.01. The van der Waals surface area contributed by atoms with Gasteiger partial charge in [-0.05, 0) is 73.5 Å². The minimum atomic E-state index is -0.833. The highest BCUT2D eigenvalue weighted by atomic mass is 16.4. The van der Waals surface area contributed by atoms with Crippen molar-refractivity contribution < 1.29 is 19.5 Å². The standard InChI is InChI=1S/C21H26O2.C2H4O2/c1-13(22)17-6-7-18-16-5-4-14-12-15(23)8-10-20(14,2)19(16)9-11-21(17,18)3;1-2(3)4/h4-5,8,10,12,16-19H,6-7,9,11H2,1-3H3;1H3,(H,3,4)/t16-,17+,18-,19-,20-,21+;/m0./s1. The van der Waals surface area contributed by atoms with E-state index in [1.807, 2.05) is 6.08 Å². The van der Waals surface area contributed by atoms with Crippen molar-refractivity contribution in [3.05, 3.63) is 36.0 Å². The van der Waals surface area contributed by atoms with Gasteiger partial charge >= 0.3 is 0 Å². The Bertz CT molecular complexity index is 754. The maximum absolute atomic E-state index is 12.1. The molecule has 4 nitrogen and oxygen atoms in total. The second-order valence-corrected chi connectivity index (χ2v) is 9.07. The summed E-state index contributed by atoms with van der Waals surface area (Å²) in [5, 5.41) is 7.42. The Morgan fingerprint density at radius 3 is 2.37 bits per heavy atom. The summed E-state index contributed by atoms with van der Waals surface area (Å²) < 4.78 is 0. The van der Waals surface area contributed by atoms with Crippen LogP contribution in [-0.4, -0.2) is 22.6 Å². The molecule has 0 amide bonds. The Hall–Kier alpha value is -1.97. The molecule has 1 N–H and O–H groups in total. The molecule has 0 heterocycles. The maximum atomic E-state index is 12.1. The van der Waals surface area contributed by atoms with Crippen molar-refractivity contribution in [1.82, 2.24) is 0 Å². The third-order valence-corrected chi connectivity index (χ3v) is 7.61. The fraction of sp³-hybridized carbons (Fsp3) is 0.609. The highest BCUT2D eigenvalue weighted by Crippen LogP contribution is 2.64. The quantitative estimate of drug-likeness (QED) is 0.744. The lowest BCUT2D eigenvalue weighted by Crippen LogP contribution is -2.48. The van der Waals surface area contributed by atoms with Gasteiger partial charge in [-0.1, -0.05) is 32.1 Å². The summed E-state index contributed by atoms with van der Waals surface area (Å²) in [6.07, 6.45) is 14.8. The number of carbonyl (C=O) groups excluding carboxylic acids is 2. The molecular weight excluding hydrogens is 340 g/mol. The molecule has 2 fully saturated rings. The molecule has 0 radical (unpaired) electrons. The van der Waals surface area contributed by atoms with Crippen molar-refractivity contribution in [3.63, 3.8) is 0 Å². The first-order valence-electron chi connectivity index (χ1n) is 9.93. The molecule has 4 aliphatic carbocycles. The van der Waals surface area contributed by atoms with Crippen LogP contribution >= 0.6 is 0 Å². The molecule has 0 spiro atoms. The van der Waals surface area contributed by atoms with Gasteiger partial charge in [0.25, 0.3) is 5.97 Å². The molecule has 4 heteroatoms. The normalized spacial score (nSPS) is 41.5. The van der Waals surface area contributed by atoms with Crippen molar-refractivity contribution in [2.75, 3.05) is 0 Å². The number of hydrogen-bond donors (Lipinski definition) is 1. The average molecular weight is 370 g/mol. The number of rotatable bonds is 1. The van der Waals surface area contributed by atoms with Gasteiger partial charge in [-0.15, -0.1) is 0 Å². The fourth-order valence-electron chi connectivity index (χ4n) is 6.32.